The summed E-state index contributed by atoms with van der Waals surface area (Å²) in [6.45, 7) is 2.41. The van der Waals surface area contributed by atoms with Gasteiger partial charge in [0, 0.05) is 35.8 Å². The summed E-state index contributed by atoms with van der Waals surface area (Å²) in [7, 11) is 0. The third kappa shape index (κ3) is 2.49. The van der Waals surface area contributed by atoms with E-state index in [1.54, 1.807) is 0 Å². The first kappa shape index (κ1) is 17.2. The fourth-order valence-corrected chi connectivity index (χ4v) is 5.97. The third-order valence-electron chi connectivity index (χ3n) is 7.60. The number of pyridine rings is 1. The Hall–Kier alpha value is -2.68. The van der Waals surface area contributed by atoms with Crippen molar-refractivity contribution in [1.82, 2.24) is 4.98 Å². The van der Waals surface area contributed by atoms with Crippen LogP contribution in [0.25, 0.3) is 16.5 Å². The number of ether oxygens (including phenoxy) is 1. The van der Waals surface area contributed by atoms with Crippen molar-refractivity contribution in [3.63, 3.8) is 0 Å². The van der Waals surface area contributed by atoms with E-state index in [0.29, 0.717) is 12.3 Å². The van der Waals surface area contributed by atoms with Crippen LogP contribution in [0.3, 0.4) is 0 Å². The van der Waals surface area contributed by atoms with Gasteiger partial charge in [-0.25, -0.2) is 0 Å². The maximum atomic E-state index is 12.3. The van der Waals surface area contributed by atoms with Gasteiger partial charge in [-0.1, -0.05) is 31.2 Å². The van der Waals surface area contributed by atoms with E-state index in [2.05, 4.69) is 48.3 Å². The third-order valence-corrected chi connectivity index (χ3v) is 7.60. The highest BCUT2D eigenvalue weighted by Crippen LogP contribution is 2.59. The van der Waals surface area contributed by atoms with Gasteiger partial charge in [0.25, 0.3) is 0 Å². The van der Waals surface area contributed by atoms with Crippen molar-refractivity contribution in [3.05, 3.63) is 71.1 Å². The molecule has 146 valence electrons. The lowest BCUT2D eigenvalue weighted by molar-refractivity contribution is -0.116. The molecule has 1 aromatic heterocycles. The molecule has 1 fully saturated rings. The predicted molar refractivity (Wildman–Crippen MR) is 114 cm³/mol. The molecule has 2 heterocycles. The van der Waals surface area contributed by atoms with Crippen molar-refractivity contribution in [2.75, 3.05) is 0 Å². The average molecular weight is 383 g/mol. The number of rotatable bonds is 1. The highest BCUT2D eigenvalue weighted by atomic mass is 16.5. The van der Waals surface area contributed by atoms with E-state index in [4.69, 9.17) is 4.74 Å². The summed E-state index contributed by atoms with van der Waals surface area (Å²) in [4.78, 5) is 16.9. The van der Waals surface area contributed by atoms with Gasteiger partial charge in [-0.05, 0) is 60.6 Å². The van der Waals surface area contributed by atoms with Crippen molar-refractivity contribution >= 4 is 22.3 Å². The summed E-state index contributed by atoms with van der Waals surface area (Å²) in [5, 5.41) is 1.18. The number of allylic oxidation sites excluding steroid dienone is 5. The first-order chi connectivity index (χ1) is 14.1. The Morgan fingerprint density at radius 1 is 1.17 bits per heavy atom. The summed E-state index contributed by atoms with van der Waals surface area (Å²) in [6, 6.07) is 10.8. The van der Waals surface area contributed by atoms with Gasteiger partial charge in [0.15, 0.2) is 5.78 Å². The molecule has 0 bridgehead atoms. The number of nitrogens with zero attached hydrogens (tertiary/aromatic N) is 1. The van der Waals surface area contributed by atoms with Crippen LogP contribution in [0.15, 0.2) is 65.6 Å². The second-order valence-electron chi connectivity index (χ2n) is 9.16. The van der Waals surface area contributed by atoms with E-state index >= 15 is 0 Å². The molecule has 0 saturated heterocycles. The van der Waals surface area contributed by atoms with Gasteiger partial charge in [0.2, 0.25) is 0 Å². The SMILES string of the molecule is C[C@]12CCC3=CC4=C(CCCC4=O)O[C@H]3[C@@H]1CC=C2c1ccc2cccnc2c1. The summed E-state index contributed by atoms with van der Waals surface area (Å²) in [5.41, 5.74) is 6.07. The van der Waals surface area contributed by atoms with E-state index in [1.165, 1.54) is 22.1 Å². The zero-order valence-corrected chi connectivity index (χ0v) is 16.8. The number of hydrogen-bond donors (Lipinski definition) is 0. The number of Topliss-reactive ketones (excluding diaryl/α,β-unsaturated/α-hetero) is 1. The summed E-state index contributed by atoms with van der Waals surface area (Å²) in [5.74, 6) is 1.64. The number of carbonyl (C=O) groups is 1. The quantitative estimate of drug-likeness (QED) is 0.627. The van der Waals surface area contributed by atoms with Gasteiger partial charge in [-0.15, -0.1) is 0 Å². The van der Waals surface area contributed by atoms with Crippen molar-refractivity contribution in [1.29, 1.82) is 0 Å². The van der Waals surface area contributed by atoms with Gasteiger partial charge in [0.1, 0.15) is 11.9 Å². The Bertz CT molecular complexity index is 1140. The van der Waals surface area contributed by atoms with Crippen molar-refractivity contribution in [2.45, 2.75) is 51.6 Å². The number of benzene rings is 1. The van der Waals surface area contributed by atoms with Crippen LogP contribution in [0.1, 0.15) is 51.0 Å². The number of ketones is 1. The van der Waals surface area contributed by atoms with Crippen LogP contribution in [-0.4, -0.2) is 16.9 Å². The smallest absolute Gasteiger partial charge is 0.166 e. The minimum absolute atomic E-state index is 0.0984. The maximum absolute atomic E-state index is 12.3. The molecule has 3 heteroatoms. The molecule has 3 nitrogen and oxygen atoms in total. The molecule has 4 aliphatic rings. The zero-order valence-electron chi connectivity index (χ0n) is 16.8. The molecule has 3 aliphatic carbocycles. The van der Waals surface area contributed by atoms with E-state index in [-0.39, 0.29) is 17.3 Å². The molecule has 0 radical (unpaired) electrons. The molecule has 0 spiro atoms. The van der Waals surface area contributed by atoms with Crippen LogP contribution in [-0.2, 0) is 9.53 Å². The number of hydrogen-bond acceptors (Lipinski definition) is 3. The van der Waals surface area contributed by atoms with Gasteiger partial charge < -0.3 is 4.74 Å². The minimum atomic E-state index is 0.0984. The van der Waals surface area contributed by atoms with E-state index < -0.39 is 0 Å². The molecule has 0 amide bonds. The molecule has 1 aliphatic heterocycles. The average Bonchev–Trinajstić information content (AvgIpc) is 3.10. The lowest BCUT2D eigenvalue weighted by Crippen LogP contribution is -2.42. The predicted octanol–water partition coefficient (Wildman–Crippen LogP) is 5.77. The molecule has 2 aromatic rings. The number of fused-ring (bicyclic) bond motifs is 4. The standard InChI is InChI=1S/C26H25NO2/c1-26-12-11-18-14-19-23(28)5-2-6-24(19)29-25(18)21(26)10-9-20(26)17-8-7-16-4-3-13-27-22(16)15-17/h3-4,7-9,13-15,21,25H,2,5-6,10-12H2,1H3/t21-,25+,26+/m0/s1. The normalized spacial score (nSPS) is 30.9. The fraction of sp³-hybridized carbons (Fsp3) is 0.385. The molecular formula is C26H25NO2. The summed E-state index contributed by atoms with van der Waals surface area (Å²) < 4.78 is 6.54. The van der Waals surface area contributed by atoms with Crippen LogP contribution in [0.5, 0.6) is 0 Å². The topological polar surface area (TPSA) is 39.2 Å². The number of carbonyl (C=O) groups excluding carboxylic acids is 1. The first-order valence-electron chi connectivity index (χ1n) is 10.8. The molecule has 3 atom stereocenters. The Balaban J connectivity index is 1.35. The van der Waals surface area contributed by atoms with Crippen LogP contribution in [0.4, 0.5) is 0 Å². The lowest BCUT2D eigenvalue weighted by Gasteiger charge is -2.47. The molecule has 0 unspecified atom stereocenters. The van der Waals surface area contributed by atoms with E-state index in [9.17, 15) is 4.79 Å². The Kier molecular flexibility index (Phi) is 3.65. The fourth-order valence-electron chi connectivity index (χ4n) is 5.97. The molecule has 0 N–H and O–H groups in total. The second kappa shape index (κ2) is 6.16. The van der Waals surface area contributed by atoms with Gasteiger partial charge in [-0.2, -0.15) is 0 Å². The van der Waals surface area contributed by atoms with Gasteiger partial charge in [0.05, 0.1) is 11.1 Å². The lowest BCUT2D eigenvalue weighted by atomic mass is 9.62. The maximum Gasteiger partial charge on any atom is 0.166 e. The minimum Gasteiger partial charge on any atom is -0.489 e. The van der Waals surface area contributed by atoms with Crippen molar-refractivity contribution in [3.8, 4) is 0 Å². The number of aromatic nitrogens is 1. The molecule has 1 aromatic carbocycles. The van der Waals surface area contributed by atoms with E-state index in [0.717, 1.165) is 49.0 Å². The van der Waals surface area contributed by atoms with Crippen LogP contribution >= 0.6 is 0 Å². The van der Waals surface area contributed by atoms with Crippen molar-refractivity contribution in [2.24, 2.45) is 11.3 Å². The van der Waals surface area contributed by atoms with Crippen LogP contribution < -0.4 is 0 Å². The molecule has 6 rings (SSSR count). The highest BCUT2D eigenvalue weighted by Gasteiger charge is 2.51. The molecule has 1 saturated carbocycles. The zero-order chi connectivity index (χ0) is 19.6. The Morgan fingerprint density at radius 2 is 2.10 bits per heavy atom. The van der Waals surface area contributed by atoms with Crippen LogP contribution in [0.2, 0.25) is 0 Å². The monoisotopic (exact) mass is 383 g/mol. The Labute approximate surface area is 171 Å². The van der Waals surface area contributed by atoms with E-state index in [1.807, 2.05) is 12.3 Å². The first-order valence-corrected chi connectivity index (χ1v) is 10.8. The molecular weight excluding hydrogens is 358 g/mol. The Morgan fingerprint density at radius 3 is 3.03 bits per heavy atom. The highest BCUT2D eigenvalue weighted by molar-refractivity contribution is 5.99. The van der Waals surface area contributed by atoms with Crippen LogP contribution in [0, 0.1) is 11.3 Å². The molecule has 29 heavy (non-hydrogen) atoms. The summed E-state index contributed by atoms with van der Waals surface area (Å²) in [6.07, 6.45) is 12.2. The van der Waals surface area contributed by atoms with Crippen molar-refractivity contribution < 1.29 is 9.53 Å². The largest absolute Gasteiger partial charge is 0.489 e. The summed E-state index contributed by atoms with van der Waals surface area (Å²) >= 11 is 0. The second-order valence-corrected chi connectivity index (χ2v) is 9.16. The van der Waals surface area contributed by atoms with Gasteiger partial charge >= 0.3 is 0 Å². The van der Waals surface area contributed by atoms with Gasteiger partial charge in [-0.3, -0.25) is 9.78 Å².